The van der Waals surface area contributed by atoms with Gasteiger partial charge in [-0.25, -0.2) is 0 Å². The molecule has 2 aromatic rings. The first kappa shape index (κ1) is 15.7. The zero-order valence-corrected chi connectivity index (χ0v) is 14.1. The van der Waals surface area contributed by atoms with Gasteiger partial charge in [0.1, 0.15) is 0 Å². The van der Waals surface area contributed by atoms with Crippen LogP contribution < -0.4 is 9.64 Å². The number of nitrogens with zero attached hydrogens (tertiary/aromatic N) is 1. The van der Waals surface area contributed by atoms with Crippen molar-refractivity contribution in [1.29, 1.82) is 0 Å². The minimum atomic E-state index is 0.151. The summed E-state index contributed by atoms with van der Waals surface area (Å²) in [6, 6.07) is 12.2. The minimum Gasteiger partial charge on any atom is -0.503 e. The van der Waals surface area contributed by atoms with Crippen molar-refractivity contribution in [2.75, 3.05) is 18.6 Å². The predicted molar refractivity (Wildman–Crippen MR) is 90.3 cm³/mol. The minimum absolute atomic E-state index is 0.151. The average Bonchev–Trinajstić information content (AvgIpc) is 2.45. The average molecular weight is 350 g/mol. The van der Waals surface area contributed by atoms with Crippen LogP contribution in [-0.2, 0) is 6.54 Å². The van der Waals surface area contributed by atoms with Gasteiger partial charge in [-0.3, -0.25) is 0 Å². The largest absolute Gasteiger partial charge is 0.503 e. The molecule has 2 aromatic carbocycles. The molecule has 0 aliphatic carbocycles. The summed E-state index contributed by atoms with van der Waals surface area (Å²) < 4.78 is 6.12. The fraction of sp³-hybridized carbons (Fsp3) is 0.294. The molecule has 0 amide bonds. The monoisotopic (exact) mass is 349 g/mol. The molecule has 0 aliphatic heterocycles. The van der Waals surface area contributed by atoms with E-state index in [9.17, 15) is 5.11 Å². The SMILES string of the molecule is CCOc1cc(CN(C)c2ccc(C)cc2)cc(Br)c1O. The Balaban J connectivity index is 2.20. The molecule has 0 saturated heterocycles. The molecule has 0 radical (unpaired) electrons. The van der Waals surface area contributed by atoms with Gasteiger partial charge < -0.3 is 14.7 Å². The van der Waals surface area contributed by atoms with Crippen molar-refractivity contribution in [1.82, 2.24) is 0 Å². The van der Waals surface area contributed by atoms with E-state index in [0.29, 0.717) is 16.8 Å². The number of phenols is 1. The maximum Gasteiger partial charge on any atom is 0.172 e. The van der Waals surface area contributed by atoms with Crippen LogP contribution in [0.2, 0.25) is 0 Å². The Labute approximate surface area is 134 Å². The van der Waals surface area contributed by atoms with Crippen molar-refractivity contribution in [3.8, 4) is 11.5 Å². The number of ether oxygens (including phenoxy) is 1. The molecule has 1 N–H and O–H groups in total. The van der Waals surface area contributed by atoms with Crippen LogP contribution in [0.3, 0.4) is 0 Å². The van der Waals surface area contributed by atoms with Gasteiger partial charge in [0.05, 0.1) is 11.1 Å². The first-order valence-electron chi connectivity index (χ1n) is 6.93. The number of rotatable bonds is 5. The fourth-order valence-corrected chi connectivity index (χ4v) is 2.64. The van der Waals surface area contributed by atoms with Crippen molar-refractivity contribution in [3.63, 3.8) is 0 Å². The maximum atomic E-state index is 9.95. The molecule has 3 nitrogen and oxygen atoms in total. The second-order valence-electron chi connectivity index (χ2n) is 5.05. The number of aromatic hydroxyl groups is 1. The van der Waals surface area contributed by atoms with E-state index in [-0.39, 0.29) is 5.75 Å². The quantitative estimate of drug-likeness (QED) is 0.862. The highest BCUT2D eigenvalue weighted by atomic mass is 79.9. The molecule has 21 heavy (non-hydrogen) atoms. The normalized spacial score (nSPS) is 10.5. The van der Waals surface area contributed by atoms with E-state index in [1.54, 1.807) is 0 Å². The molecule has 0 aliphatic rings. The lowest BCUT2D eigenvalue weighted by atomic mass is 10.1. The molecule has 0 heterocycles. The van der Waals surface area contributed by atoms with Crippen molar-refractivity contribution in [2.24, 2.45) is 0 Å². The van der Waals surface area contributed by atoms with Gasteiger partial charge in [-0.15, -0.1) is 0 Å². The molecule has 0 aromatic heterocycles. The highest BCUT2D eigenvalue weighted by Gasteiger charge is 2.11. The van der Waals surface area contributed by atoms with Crippen molar-refractivity contribution in [2.45, 2.75) is 20.4 Å². The van der Waals surface area contributed by atoms with Crippen LogP contribution in [-0.4, -0.2) is 18.8 Å². The van der Waals surface area contributed by atoms with E-state index in [1.165, 1.54) is 5.56 Å². The van der Waals surface area contributed by atoms with E-state index < -0.39 is 0 Å². The van der Waals surface area contributed by atoms with Gasteiger partial charge in [0.15, 0.2) is 11.5 Å². The van der Waals surface area contributed by atoms with Crippen molar-refractivity contribution < 1.29 is 9.84 Å². The van der Waals surface area contributed by atoms with Gasteiger partial charge in [-0.1, -0.05) is 17.7 Å². The Kier molecular flexibility index (Phi) is 5.12. The molecule has 0 spiro atoms. The predicted octanol–water partition coefficient (Wildman–Crippen LogP) is 4.50. The van der Waals surface area contributed by atoms with Gasteiger partial charge in [-0.2, -0.15) is 0 Å². The lowest BCUT2D eigenvalue weighted by Gasteiger charge is -2.20. The third-order valence-corrected chi connectivity index (χ3v) is 3.89. The summed E-state index contributed by atoms with van der Waals surface area (Å²) in [5, 5.41) is 9.95. The lowest BCUT2D eigenvalue weighted by molar-refractivity contribution is 0.317. The van der Waals surface area contributed by atoms with Crippen LogP contribution in [0.4, 0.5) is 5.69 Å². The van der Waals surface area contributed by atoms with Crippen LogP contribution in [0.15, 0.2) is 40.9 Å². The number of aryl methyl sites for hydroxylation is 1. The highest BCUT2D eigenvalue weighted by molar-refractivity contribution is 9.10. The summed E-state index contributed by atoms with van der Waals surface area (Å²) in [6.07, 6.45) is 0. The standard InChI is InChI=1S/C17H20BrNO2/c1-4-21-16-10-13(9-15(18)17(16)20)11-19(3)14-7-5-12(2)6-8-14/h5-10,20H,4,11H2,1-3H3. The van der Waals surface area contributed by atoms with E-state index in [4.69, 9.17) is 4.74 Å². The smallest absolute Gasteiger partial charge is 0.172 e. The fourth-order valence-electron chi connectivity index (χ4n) is 2.15. The molecular formula is C17H20BrNO2. The number of halogens is 1. The van der Waals surface area contributed by atoms with E-state index in [1.807, 2.05) is 26.1 Å². The van der Waals surface area contributed by atoms with Crippen LogP contribution in [0, 0.1) is 6.92 Å². The molecule has 0 saturated carbocycles. The molecule has 0 atom stereocenters. The third-order valence-electron chi connectivity index (χ3n) is 3.28. The number of benzene rings is 2. The van der Waals surface area contributed by atoms with Gasteiger partial charge in [0.25, 0.3) is 0 Å². The Bertz CT molecular complexity index is 611. The van der Waals surface area contributed by atoms with Gasteiger partial charge in [0, 0.05) is 19.3 Å². The van der Waals surface area contributed by atoms with Crippen LogP contribution >= 0.6 is 15.9 Å². The van der Waals surface area contributed by atoms with E-state index >= 15 is 0 Å². The second-order valence-corrected chi connectivity index (χ2v) is 5.90. The number of hydrogen-bond donors (Lipinski definition) is 1. The Morgan fingerprint density at radius 1 is 1.19 bits per heavy atom. The molecule has 0 bridgehead atoms. The summed E-state index contributed by atoms with van der Waals surface area (Å²) in [7, 11) is 2.05. The summed E-state index contributed by atoms with van der Waals surface area (Å²) in [6.45, 7) is 5.24. The molecule has 4 heteroatoms. The molecular weight excluding hydrogens is 330 g/mol. The second kappa shape index (κ2) is 6.85. The molecule has 0 fully saturated rings. The topological polar surface area (TPSA) is 32.7 Å². The number of anilines is 1. The summed E-state index contributed by atoms with van der Waals surface area (Å²) in [5.74, 6) is 0.665. The van der Waals surface area contributed by atoms with Gasteiger partial charge in [0.2, 0.25) is 0 Å². The maximum absolute atomic E-state index is 9.95. The first-order valence-corrected chi connectivity index (χ1v) is 7.72. The lowest BCUT2D eigenvalue weighted by Crippen LogP contribution is -2.16. The van der Waals surface area contributed by atoms with E-state index in [2.05, 4.69) is 52.0 Å². The van der Waals surface area contributed by atoms with Crippen LogP contribution in [0.25, 0.3) is 0 Å². The summed E-state index contributed by atoms with van der Waals surface area (Å²) >= 11 is 3.37. The van der Waals surface area contributed by atoms with Crippen molar-refractivity contribution in [3.05, 3.63) is 52.0 Å². The highest BCUT2D eigenvalue weighted by Crippen LogP contribution is 2.36. The van der Waals surface area contributed by atoms with E-state index in [0.717, 1.165) is 17.8 Å². The molecule has 112 valence electrons. The van der Waals surface area contributed by atoms with Crippen molar-refractivity contribution >= 4 is 21.6 Å². The summed E-state index contributed by atoms with van der Waals surface area (Å²) in [5.41, 5.74) is 3.48. The Morgan fingerprint density at radius 2 is 1.86 bits per heavy atom. The zero-order valence-electron chi connectivity index (χ0n) is 12.6. The number of hydrogen-bond acceptors (Lipinski definition) is 3. The van der Waals surface area contributed by atoms with Crippen LogP contribution in [0.5, 0.6) is 11.5 Å². The number of phenolic OH excluding ortho intramolecular Hbond substituents is 1. The van der Waals surface area contributed by atoms with Gasteiger partial charge >= 0.3 is 0 Å². The zero-order chi connectivity index (χ0) is 15.4. The third kappa shape index (κ3) is 3.91. The van der Waals surface area contributed by atoms with Gasteiger partial charge in [-0.05, 0) is 59.6 Å². The summed E-state index contributed by atoms with van der Waals surface area (Å²) in [4.78, 5) is 2.16. The Morgan fingerprint density at radius 3 is 2.48 bits per heavy atom. The Hall–Kier alpha value is -1.68. The molecule has 0 unspecified atom stereocenters. The van der Waals surface area contributed by atoms with Crippen LogP contribution in [0.1, 0.15) is 18.1 Å². The molecule has 2 rings (SSSR count). The first-order chi connectivity index (χ1) is 10.0.